The number of sulfonamides is 1. The molecule has 168 valence electrons. The molecule has 0 radical (unpaired) electrons. The van der Waals surface area contributed by atoms with Gasteiger partial charge in [-0.25, -0.2) is 8.42 Å². The average molecular weight is 473 g/mol. The van der Waals surface area contributed by atoms with E-state index in [1.54, 1.807) is 6.07 Å². The number of ether oxygens (including phenoxy) is 1. The monoisotopic (exact) mass is 472 g/mol. The molecular weight excluding hydrogens is 448 g/mol. The van der Waals surface area contributed by atoms with Gasteiger partial charge < -0.3 is 10.1 Å². The minimum atomic E-state index is -3.69. The molecule has 1 fully saturated rings. The number of nitrogens with one attached hydrogen (secondary N) is 1. The molecule has 1 saturated heterocycles. The van der Waals surface area contributed by atoms with Crippen LogP contribution in [0.5, 0.6) is 5.75 Å². The predicted octanol–water partition coefficient (Wildman–Crippen LogP) is 4.93. The van der Waals surface area contributed by atoms with Crippen molar-refractivity contribution >= 4 is 44.0 Å². The highest BCUT2D eigenvalue weighted by molar-refractivity contribution is 7.89. The first kappa shape index (κ1) is 22.6. The number of amides is 1. The van der Waals surface area contributed by atoms with Gasteiger partial charge in [-0.3, -0.25) is 4.79 Å². The molecule has 3 aromatic carbocycles. The van der Waals surface area contributed by atoms with Crippen LogP contribution in [0.2, 0.25) is 5.02 Å². The van der Waals surface area contributed by atoms with E-state index in [1.807, 2.05) is 49.4 Å². The average Bonchev–Trinajstić information content (AvgIpc) is 2.81. The molecule has 1 amide bonds. The summed E-state index contributed by atoms with van der Waals surface area (Å²) in [6, 6.07) is 18.2. The molecule has 1 aliphatic heterocycles. The molecule has 0 saturated carbocycles. The minimum Gasteiger partial charge on any atom is -0.492 e. The van der Waals surface area contributed by atoms with Crippen molar-refractivity contribution in [1.82, 2.24) is 4.31 Å². The quantitative estimate of drug-likeness (QED) is 0.551. The summed E-state index contributed by atoms with van der Waals surface area (Å²) >= 11 is 6.18. The second-order valence-electron chi connectivity index (χ2n) is 7.72. The van der Waals surface area contributed by atoms with E-state index in [9.17, 15) is 13.2 Å². The van der Waals surface area contributed by atoms with E-state index < -0.39 is 10.0 Å². The molecule has 4 rings (SSSR count). The molecular formula is C24H25ClN2O4S. The van der Waals surface area contributed by atoms with Gasteiger partial charge in [0.1, 0.15) is 5.75 Å². The summed E-state index contributed by atoms with van der Waals surface area (Å²) in [7, 11) is -3.69. The van der Waals surface area contributed by atoms with Crippen LogP contribution in [0, 0.1) is 5.92 Å². The van der Waals surface area contributed by atoms with Crippen molar-refractivity contribution in [2.45, 2.75) is 24.7 Å². The maximum atomic E-state index is 13.0. The lowest BCUT2D eigenvalue weighted by molar-refractivity contribution is -0.120. The summed E-state index contributed by atoms with van der Waals surface area (Å²) in [6.45, 7) is 2.84. The largest absolute Gasteiger partial charge is 0.492 e. The number of halogens is 1. The van der Waals surface area contributed by atoms with Crippen molar-refractivity contribution in [3.63, 3.8) is 0 Å². The van der Waals surface area contributed by atoms with Crippen LogP contribution in [0.15, 0.2) is 65.6 Å². The molecule has 1 N–H and O–H groups in total. The molecule has 0 atom stereocenters. The maximum Gasteiger partial charge on any atom is 0.243 e. The molecule has 0 unspecified atom stereocenters. The van der Waals surface area contributed by atoms with Crippen LogP contribution in [-0.4, -0.2) is 38.3 Å². The number of carbonyl (C=O) groups excluding carboxylic acids is 1. The van der Waals surface area contributed by atoms with Crippen LogP contribution in [0.4, 0.5) is 5.69 Å². The van der Waals surface area contributed by atoms with Crippen molar-refractivity contribution < 1.29 is 17.9 Å². The molecule has 8 heteroatoms. The first-order chi connectivity index (χ1) is 15.4. The molecule has 0 bridgehead atoms. The third kappa shape index (κ3) is 4.60. The number of fused-ring (bicyclic) bond motifs is 1. The van der Waals surface area contributed by atoms with Crippen LogP contribution in [-0.2, 0) is 14.8 Å². The molecule has 32 heavy (non-hydrogen) atoms. The zero-order chi connectivity index (χ0) is 22.7. The van der Waals surface area contributed by atoms with Gasteiger partial charge in [-0.1, -0.05) is 48.0 Å². The SMILES string of the molecule is CCOc1ccc(S(=O)(=O)N2CCC(C(=O)Nc3cccc4ccccc34)CC2)cc1Cl. The Morgan fingerprint density at radius 1 is 1.09 bits per heavy atom. The molecule has 0 aromatic heterocycles. The number of benzene rings is 3. The maximum absolute atomic E-state index is 13.0. The third-order valence-electron chi connectivity index (χ3n) is 5.71. The molecule has 1 heterocycles. The van der Waals surface area contributed by atoms with Crippen LogP contribution in [0.3, 0.4) is 0 Å². The van der Waals surface area contributed by atoms with E-state index in [1.165, 1.54) is 16.4 Å². The van der Waals surface area contributed by atoms with Gasteiger partial charge in [-0.2, -0.15) is 4.31 Å². The van der Waals surface area contributed by atoms with Gasteiger partial charge in [0, 0.05) is 30.1 Å². The summed E-state index contributed by atoms with van der Waals surface area (Å²) in [5.41, 5.74) is 0.771. The minimum absolute atomic E-state index is 0.0810. The van der Waals surface area contributed by atoms with E-state index in [-0.39, 0.29) is 34.8 Å². The molecule has 6 nitrogen and oxygen atoms in total. The summed E-state index contributed by atoms with van der Waals surface area (Å²) in [5, 5.41) is 5.33. The van der Waals surface area contributed by atoms with Crippen LogP contribution in [0.1, 0.15) is 19.8 Å². The molecule has 0 spiro atoms. The molecule has 1 aliphatic rings. The lowest BCUT2D eigenvalue weighted by Gasteiger charge is -2.30. The van der Waals surface area contributed by atoms with E-state index in [0.29, 0.717) is 25.2 Å². The highest BCUT2D eigenvalue weighted by Gasteiger charge is 2.32. The zero-order valence-electron chi connectivity index (χ0n) is 17.8. The second kappa shape index (κ2) is 9.48. The Morgan fingerprint density at radius 2 is 1.81 bits per heavy atom. The fourth-order valence-electron chi connectivity index (χ4n) is 3.99. The van der Waals surface area contributed by atoms with Gasteiger partial charge in [-0.05, 0) is 49.4 Å². The normalized spacial score (nSPS) is 15.6. The van der Waals surface area contributed by atoms with Crippen molar-refractivity contribution in [3.05, 3.63) is 65.7 Å². The summed E-state index contributed by atoms with van der Waals surface area (Å²) in [4.78, 5) is 13.0. The van der Waals surface area contributed by atoms with Crippen molar-refractivity contribution in [1.29, 1.82) is 0 Å². The van der Waals surface area contributed by atoms with Crippen LogP contribution >= 0.6 is 11.6 Å². The van der Waals surface area contributed by atoms with E-state index in [4.69, 9.17) is 16.3 Å². The van der Waals surface area contributed by atoms with Crippen LogP contribution in [0.25, 0.3) is 10.8 Å². The fraction of sp³-hybridized carbons (Fsp3) is 0.292. The Balaban J connectivity index is 1.42. The van der Waals surface area contributed by atoms with Gasteiger partial charge in [0.2, 0.25) is 15.9 Å². The number of hydrogen-bond acceptors (Lipinski definition) is 4. The summed E-state index contributed by atoms with van der Waals surface area (Å²) < 4.78 is 32.9. The smallest absolute Gasteiger partial charge is 0.243 e. The first-order valence-corrected chi connectivity index (χ1v) is 12.4. The van der Waals surface area contributed by atoms with Gasteiger partial charge >= 0.3 is 0 Å². The Morgan fingerprint density at radius 3 is 2.53 bits per heavy atom. The van der Waals surface area contributed by atoms with Gasteiger partial charge in [-0.15, -0.1) is 0 Å². The number of anilines is 1. The number of rotatable bonds is 6. The number of nitrogens with zero attached hydrogens (tertiary/aromatic N) is 1. The highest BCUT2D eigenvalue weighted by atomic mass is 35.5. The zero-order valence-corrected chi connectivity index (χ0v) is 19.3. The van der Waals surface area contributed by atoms with Crippen molar-refractivity contribution in [2.24, 2.45) is 5.92 Å². The summed E-state index contributed by atoms with van der Waals surface area (Å²) in [5.74, 6) is 0.129. The third-order valence-corrected chi connectivity index (χ3v) is 7.90. The Hall–Kier alpha value is -2.61. The number of hydrogen-bond donors (Lipinski definition) is 1. The van der Waals surface area contributed by atoms with E-state index in [0.717, 1.165) is 16.5 Å². The Labute approximate surface area is 193 Å². The van der Waals surface area contributed by atoms with Gasteiger partial charge in [0.05, 0.1) is 16.5 Å². The molecule has 0 aliphatic carbocycles. The second-order valence-corrected chi connectivity index (χ2v) is 10.1. The first-order valence-electron chi connectivity index (χ1n) is 10.6. The van der Waals surface area contributed by atoms with Crippen LogP contribution < -0.4 is 10.1 Å². The number of carbonyl (C=O) groups is 1. The van der Waals surface area contributed by atoms with E-state index in [2.05, 4.69) is 5.32 Å². The number of piperidine rings is 1. The van der Waals surface area contributed by atoms with Gasteiger partial charge in [0.15, 0.2) is 0 Å². The summed E-state index contributed by atoms with van der Waals surface area (Å²) in [6.07, 6.45) is 0.918. The molecule has 3 aromatic rings. The van der Waals surface area contributed by atoms with Gasteiger partial charge in [0.25, 0.3) is 0 Å². The standard InChI is InChI=1S/C24H25ClN2O4S/c1-2-31-23-11-10-19(16-21(23)25)32(29,30)27-14-12-18(13-15-27)24(28)26-22-9-5-7-17-6-3-4-8-20(17)22/h3-11,16,18H,2,12-15H2,1H3,(H,26,28). The van der Waals surface area contributed by atoms with Crippen molar-refractivity contribution in [3.8, 4) is 5.75 Å². The van der Waals surface area contributed by atoms with Crippen molar-refractivity contribution in [2.75, 3.05) is 25.0 Å². The lowest BCUT2D eigenvalue weighted by Crippen LogP contribution is -2.41. The topological polar surface area (TPSA) is 75.7 Å². The van der Waals surface area contributed by atoms with E-state index >= 15 is 0 Å². The Kier molecular flexibility index (Phi) is 6.69. The predicted molar refractivity (Wildman–Crippen MR) is 127 cm³/mol. The highest BCUT2D eigenvalue weighted by Crippen LogP contribution is 2.31. The fourth-order valence-corrected chi connectivity index (χ4v) is 5.79. The Bertz CT molecular complexity index is 1230. The lowest BCUT2D eigenvalue weighted by atomic mass is 9.97.